The van der Waals surface area contributed by atoms with Crippen LogP contribution in [0, 0.1) is 20.8 Å². The van der Waals surface area contributed by atoms with E-state index < -0.39 is 0 Å². The molecule has 0 saturated heterocycles. The summed E-state index contributed by atoms with van der Waals surface area (Å²) in [6.45, 7) is 5.88. The van der Waals surface area contributed by atoms with Gasteiger partial charge in [0, 0.05) is 11.8 Å². The summed E-state index contributed by atoms with van der Waals surface area (Å²) in [7, 11) is 0. The lowest BCUT2D eigenvalue weighted by atomic mass is 10.1. The molecule has 2 N–H and O–H groups in total. The fourth-order valence-electron chi connectivity index (χ4n) is 2.19. The van der Waals surface area contributed by atoms with Crippen LogP contribution in [0.3, 0.4) is 0 Å². The molecule has 1 aromatic carbocycles. The lowest BCUT2D eigenvalue weighted by molar-refractivity contribution is 0.102. The van der Waals surface area contributed by atoms with Crippen LogP contribution in [0.1, 0.15) is 27.2 Å². The molecule has 0 bridgehead atoms. The zero-order valence-electron chi connectivity index (χ0n) is 13.8. The first kappa shape index (κ1) is 15.7. The van der Waals surface area contributed by atoms with Crippen molar-refractivity contribution in [3.63, 3.8) is 0 Å². The second-order valence-corrected chi connectivity index (χ2v) is 5.60. The Balaban J connectivity index is 1.68. The van der Waals surface area contributed by atoms with Crippen LogP contribution >= 0.6 is 0 Å². The smallest absolute Gasteiger partial charge is 0.259 e. The van der Waals surface area contributed by atoms with E-state index in [1.54, 1.807) is 25.3 Å². The molecular formula is C18H18N4O2. The van der Waals surface area contributed by atoms with E-state index in [0.717, 1.165) is 17.0 Å². The first-order valence-corrected chi connectivity index (χ1v) is 7.55. The third kappa shape index (κ3) is 3.43. The molecule has 0 unspecified atom stereocenters. The topological polar surface area (TPSA) is 79.9 Å². The molecule has 122 valence electrons. The van der Waals surface area contributed by atoms with Gasteiger partial charge in [0.05, 0.1) is 23.6 Å². The number of carbonyl (C=O) groups excluding carboxylic acids is 1. The lowest BCUT2D eigenvalue weighted by Crippen LogP contribution is -2.12. The summed E-state index contributed by atoms with van der Waals surface area (Å²) in [6, 6.07) is 9.34. The number of aromatic nitrogens is 3. The molecule has 0 spiro atoms. The van der Waals surface area contributed by atoms with E-state index in [0.29, 0.717) is 17.1 Å². The number of aryl methyl sites for hydroxylation is 3. The summed E-state index contributed by atoms with van der Waals surface area (Å²) in [6.07, 6.45) is 3.05. The summed E-state index contributed by atoms with van der Waals surface area (Å²) < 4.78 is 5.73. The standard InChI is InChI=1S/C18H18N4O2/c1-11-4-6-15(8-12(11)2)24-17-7-5-14(9-19-17)21-18(23)16-10-20-22-13(16)3/h4-10H,1-3H3,(H,20,22)(H,21,23). The van der Waals surface area contributed by atoms with Crippen molar-refractivity contribution < 1.29 is 9.53 Å². The van der Waals surface area contributed by atoms with Gasteiger partial charge in [0.2, 0.25) is 5.88 Å². The maximum absolute atomic E-state index is 12.1. The Morgan fingerprint density at radius 1 is 1.08 bits per heavy atom. The van der Waals surface area contributed by atoms with Crippen molar-refractivity contribution in [1.82, 2.24) is 15.2 Å². The molecule has 0 aliphatic heterocycles. The molecule has 0 aliphatic rings. The summed E-state index contributed by atoms with van der Waals surface area (Å²) in [5.41, 5.74) is 4.18. The quantitative estimate of drug-likeness (QED) is 0.766. The van der Waals surface area contributed by atoms with Gasteiger partial charge in [-0.05, 0) is 50.1 Å². The monoisotopic (exact) mass is 322 g/mol. The first-order chi connectivity index (χ1) is 11.5. The lowest BCUT2D eigenvalue weighted by Gasteiger charge is -2.08. The number of benzene rings is 1. The number of hydrogen-bond acceptors (Lipinski definition) is 4. The van der Waals surface area contributed by atoms with Crippen LogP contribution in [0.4, 0.5) is 5.69 Å². The molecule has 0 radical (unpaired) electrons. The molecule has 0 aliphatic carbocycles. The van der Waals surface area contributed by atoms with Gasteiger partial charge in [-0.2, -0.15) is 5.10 Å². The molecular weight excluding hydrogens is 304 g/mol. The number of carbonyl (C=O) groups is 1. The molecule has 6 nitrogen and oxygen atoms in total. The van der Waals surface area contributed by atoms with Crippen LogP contribution in [0.25, 0.3) is 0 Å². The van der Waals surface area contributed by atoms with Gasteiger partial charge in [-0.15, -0.1) is 0 Å². The van der Waals surface area contributed by atoms with Crippen LogP contribution < -0.4 is 10.1 Å². The predicted molar refractivity (Wildman–Crippen MR) is 91.5 cm³/mol. The molecule has 3 rings (SSSR count). The Labute approximate surface area is 139 Å². The number of pyridine rings is 1. The maximum atomic E-state index is 12.1. The van der Waals surface area contributed by atoms with Crippen LogP contribution in [0.5, 0.6) is 11.6 Å². The minimum Gasteiger partial charge on any atom is -0.439 e. The number of amides is 1. The minimum atomic E-state index is -0.231. The van der Waals surface area contributed by atoms with E-state index in [9.17, 15) is 4.79 Å². The number of ether oxygens (including phenoxy) is 1. The van der Waals surface area contributed by atoms with E-state index >= 15 is 0 Å². The molecule has 2 heterocycles. The van der Waals surface area contributed by atoms with Crippen molar-refractivity contribution in [1.29, 1.82) is 0 Å². The summed E-state index contributed by atoms with van der Waals surface area (Å²) in [5, 5.41) is 9.35. The first-order valence-electron chi connectivity index (χ1n) is 7.55. The highest BCUT2D eigenvalue weighted by atomic mass is 16.5. The van der Waals surface area contributed by atoms with Gasteiger partial charge in [0.25, 0.3) is 5.91 Å². The summed E-state index contributed by atoms with van der Waals surface area (Å²) in [4.78, 5) is 16.3. The zero-order chi connectivity index (χ0) is 17.1. The third-order valence-electron chi connectivity index (χ3n) is 3.77. The molecule has 0 fully saturated rings. The Bertz CT molecular complexity index is 869. The van der Waals surface area contributed by atoms with Gasteiger partial charge < -0.3 is 10.1 Å². The van der Waals surface area contributed by atoms with Gasteiger partial charge in [-0.25, -0.2) is 4.98 Å². The van der Waals surface area contributed by atoms with Crippen molar-refractivity contribution in [2.24, 2.45) is 0 Å². The minimum absolute atomic E-state index is 0.231. The highest BCUT2D eigenvalue weighted by Gasteiger charge is 2.11. The van der Waals surface area contributed by atoms with Gasteiger partial charge in [0.1, 0.15) is 5.75 Å². The van der Waals surface area contributed by atoms with Gasteiger partial charge in [-0.3, -0.25) is 9.89 Å². The number of aromatic amines is 1. The van der Waals surface area contributed by atoms with Gasteiger partial charge in [-0.1, -0.05) is 6.07 Å². The maximum Gasteiger partial charge on any atom is 0.259 e. The van der Waals surface area contributed by atoms with Crippen molar-refractivity contribution in [2.45, 2.75) is 20.8 Å². The van der Waals surface area contributed by atoms with Crippen LogP contribution in [0.15, 0.2) is 42.7 Å². The second kappa shape index (κ2) is 6.54. The van der Waals surface area contributed by atoms with Crippen LogP contribution in [0.2, 0.25) is 0 Å². The molecule has 0 atom stereocenters. The molecule has 1 amide bonds. The Morgan fingerprint density at radius 2 is 1.92 bits per heavy atom. The van der Waals surface area contributed by atoms with E-state index in [1.165, 1.54) is 11.8 Å². The van der Waals surface area contributed by atoms with E-state index in [1.807, 2.05) is 25.1 Å². The van der Waals surface area contributed by atoms with E-state index in [-0.39, 0.29) is 5.91 Å². The molecule has 3 aromatic rings. The highest BCUT2D eigenvalue weighted by Crippen LogP contribution is 2.23. The van der Waals surface area contributed by atoms with E-state index in [4.69, 9.17) is 4.74 Å². The summed E-state index contributed by atoms with van der Waals surface area (Å²) >= 11 is 0. The fraction of sp³-hybridized carbons (Fsp3) is 0.167. The SMILES string of the molecule is Cc1ccc(Oc2ccc(NC(=O)c3cn[nH]c3C)cn2)cc1C. The number of hydrogen-bond donors (Lipinski definition) is 2. The van der Waals surface area contributed by atoms with Crippen molar-refractivity contribution in [3.8, 4) is 11.6 Å². The van der Waals surface area contributed by atoms with Gasteiger partial charge in [0.15, 0.2) is 0 Å². The summed E-state index contributed by atoms with van der Waals surface area (Å²) in [5.74, 6) is 0.970. The largest absolute Gasteiger partial charge is 0.439 e. The number of rotatable bonds is 4. The molecule has 0 saturated carbocycles. The Kier molecular flexibility index (Phi) is 4.29. The zero-order valence-corrected chi connectivity index (χ0v) is 13.8. The third-order valence-corrected chi connectivity index (χ3v) is 3.77. The Hall–Kier alpha value is -3.15. The average Bonchev–Trinajstić information content (AvgIpc) is 2.99. The van der Waals surface area contributed by atoms with Crippen molar-refractivity contribution >= 4 is 11.6 Å². The van der Waals surface area contributed by atoms with E-state index in [2.05, 4.69) is 27.4 Å². The highest BCUT2D eigenvalue weighted by molar-refractivity contribution is 6.04. The molecule has 6 heteroatoms. The molecule has 2 aromatic heterocycles. The molecule has 24 heavy (non-hydrogen) atoms. The van der Waals surface area contributed by atoms with Crippen LogP contribution in [-0.4, -0.2) is 21.1 Å². The second-order valence-electron chi connectivity index (χ2n) is 5.60. The predicted octanol–water partition coefficient (Wildman–Crippen LogP) is 3.77. The normalized spacial score (nSPS) is 10.5. The average molecular weight is 322 g/mol. The number of nitrogens with zero attached hydrogens (tertiary/aromatic N) is 2. The van der Waals surface area contributed by atoms with Crippen molar-refractivity contribution in [3.05, 3.63) is 65.1 Å². The fourth-order valence-corrected chi connectivity index (χ4v) is 2.19. The van der Waals surface area contributed by atoms with Crippen LogP contribution in [-0.2, 0) is 0 Å². The van der Waals surface area contributed by atoms with Crippen molar-refractivity contribution in [2.75, 3.05) is 5.32 Å². The number of anilines is 1. The number of nitrogens with one attached hydrogen (secondary N) is 2. The van der Waals surface area contributed by atoms with Gasteiger partial charge >= 0.3 is 0 Å². The Morgan fingerprint density at radius 3 is 2.54 bits per heavy atom. The number of H-pyrrole nitrogens is 1.